The van der Waals surface area contributed by atoms with E-state index in [1.165, 1.54) is 12.3 Å². The Balaban J connectivity index is 1.92. The summed E-state index contributed by atoms with van der Waals surface area (Å²) in [6.45, 7) is -0.456. The number of alkyl halides is 6. The maximum absolute atomic E-state index is 13.1. The van der Waals surface area contributed by atoms with Crippen molar-refractivity contribution >= 4 is 11.6 Å². The van der Waals surface area contributed by atoms with Crippen LogP contribution in [-0.4, -0.2) is 23.6 Å². The molecule has 0 bridgehead atoms. The van der Waals surface area contributed by atoms with Crippen molar-refractivity contribution in [2.75, 3.05) is 11.9 Å². The molecule has 0 unspecified atom stereocenters. The molecule has 0 aliphatic carbocycles. The third kappa shape index (κ3) is 5.47. The first-order valence-corrected chi connectivity index (χ1v) is 8.54. The minimum Gasteiger partial charge on any atom is -0.459 e. The molecule has 0 saturated heterocycles. The van der Waals surface area contributed by atoms with Crippen molar-refractivity contribution < 1.29 is 35.9 Å². The number of ether oxygens (including phenoxy) is 1. The summed E-state index contributed by atoms with van der Waals surface area (Å²) in [5.74, 6) is -1.49. The molecule has 1 aliphatic rings. The molecule has 0 radical (unpaired) electrons. The largest absolute Gasteiger partial charge is 0.459 e. The van der Waals surface area contributed by atoms with Crippen LogP contribution in [0.2, 0.25) is 0 Å². The zero-order valence-corrected chi connectivity index (χ0v) is 15.3. The second-order valence-electron chi connectivity index (χ2n) is 6.27. The third-order valence-electron chi connectivity index (χ3n) is 4.03. The molecule has 2 aromatic rings. The molecule has 0 spiro atoms. The van der Waals surface area contributed by atoms with Gasteiger partial charge >= 0.3 is 12.4 Å². The summed E-state index contributed by atoms with van der Waals surface area (Å²) in [7, 11) is 0. The number of allylic oxidation sites excluding steroid dienone is 3. The Morgan fingerprint density at radius 1 is 1.00 bits per heavy atom. The molecule has 0 fully saturated rings. The molecule has 1 aliphatic heterocycles. The van der Waals surface area contributed by atoms with E-state index in [1.54, 1.807) is 0 Å². The molecule has 12 heteroatoms. The van der Waals surface area contributed by atoms with Crippen molar-refractivity contribution in [3.05, 3.63) is 81.6 Å². The van der Waals surface area contributed by atoms with E-state index in [0.29, 0.717) is 18.2 Å². The van der Waals surface area contributed by atoms with Crippen LogP contribution in [0.4, 0.5) is 32.0 Å². The highest BCUT2D eigenvalue weighted by molar-refractivity contribution is 6.06. The van der Waals surface area contributed by atoms with Gasteiger partial charge < -0.3 is 20.4 Å². The Kier molecular flexibility index (Phi) is 5.82. The maximum atomic E-state index is 13.1. The Bertz CT molecular complexity index is 1100. The van der Waals surface area contributed by atoms with Gasteiger partial charge in [-0.1, -0.05) is 0 Å². The molecular formula is C19H13F6N3O3. The van der Waals surface area contributed by atoms with Gasteiger partial charge in [-0.2, -0.15) is 26.3 Å². The molecule has 6 nitrogen and oxygen atoms in total. The number of hydrogen-bond acceptors (Lipinski definition) is 4. The fourth-order valence-electron chi connectivity index (χ4n) is 2.54. The highest BCUT2D eigenvalue weighted by Gasteiger charge is 2.35. The van der Waals surface area contributed by atoms with Crippen molar-refractivity contribution in [3.63, 3.8) is 0 Å². The van der Waals surface area contributed by atoms with E-state index in [0.717, 1.165) is 18.2 Å². The number of benzene rings is 1. The van der Waals surface area contributed by atoms with Gasteiger partial charge in [-0.25, -0.2) is 0 Å². The number of dihydropyridines is 1. The number of aromatic amines is 1. The van der Waals surface area contributed by atoms with Gasteiger partial charge in [0.05, 0.1) is 23.4 Å². The first kappa shape index (κ1) is 22.0. The highest BCUT2D eigenvalue weighted by atomic mass is 19.4. The number of hydrogen-bond donors (Lipinski definition) is 3. The summed E-state index contributed by atoms with van der Waals surface area (Å²) in [5, 5.41) is 4.44. The zero-order chi connectivity index (χ0) is 22.8. The van der Waals surface area contributed by atoms with Gasteiger partial charge in [0.15, 0.2) is 0 Å². The van der Waals surface area contributed by atoms with E-state index in [-0.39, 0.29) is 17.0 Å². The molecule has 0 atom stereocenters. The lowest BCUT2D eigenvalue weighted by Gasteiger charge is -2.21. The summed E-state index contributed by atoms with van der Waals surface area (Å²) in [4.78, 5) is 25.9. The van der Waals surface area contributed by atoms with Crippen molar-refractivity contribution in [3.8, 4) is 5.75 Å². The van der Waals surface area contributed by atoms with Gasteiger partial charge in [0.2, 0.25) is 5.56 Å². The normalized spacial score (nSPS) is 14.3. The SMILES string of the molecule is O=C(Nc1ccc(=O)[nH]c1)c1ccc(C(F)(F)F)cc1OC1=CC=C(C(F)(F)F)NC1. The standard InChI is InChI=1S/C19H13F6N3O3/c20-18(21,22)10-1-4-13(17(30)28-11-2-6-16(29)27-8-11)14(7-10)31-12-3-5-15(26-9-12)19(23,24)25/h1-8,26H,9H2,(H,27,29)(H,28,30). The molecule has 164 valence electrons. The molecule has 0 saturated carbocycles. The Hall–Kier alpha value is -3.70. The molecule has 1 amide bonds. The topological polar surface area (TPSA) is 83.2 Å². The average Bonchev–Trinajstić information content (AvgIpc) is 2.68. The van der Waals surface area contributed by atoms with Crippen LogP contribution < -0.4 is 20.9 Å². The number of pyridine rings is 1. The zero-order valence-electron chi connectivity index (χ0n) is 15.3. The Morgan fingerprint density at radius 3 is 2.29 bits per heavy atom. The van der Waals surface area contributed by atoms with Crippen molar-refractivity contribution in [2.24, 2.45) is 0 Å². The highest BCUT2D eigenvalue weighted by Crippen LogP contribution is 2.34. The predicted molar refractivity (Wildman–Crippen MR) is 97.3 cm³/mol. The lowest BCUT2D eigenvalue weighted by molar-refractivity contribution is -0.137. The first-order chi connectivity index (χ1) is 14.4. The number of carbonyl (C=O) groups is 1. The summed E-state index contributed by atoms with van der Waals surface area (Å²) >= 11 is 0. The number of aromatic nitrogens is 1. The van der Waals surface area contributed by atoms with Gasteiger partial charge in [0.1, 0.15) is 17.2 Å². The summed E-state index contributed by atoms with van der Waals surface area (Å²) < 4.78 is 82.7. The predicted octanol–water partition coefficient (Wildman–Crippen LogP) is 3.96. The van der Waals surface area contributed by atoms with Crippen molar-refractivity contribution in [1.82, 2.24) is 10.3 Å². The van der Waals surface area contributed by atoms with Crippen LogP contribution in [0.3, 0.4) is 0 Å². The average molecular weight is 445 g/mol. The maximum Gasteiger partial charge on any atom is 0.430 e. The van der Waals surface area contributed by atoms with Gasteiger partial charge in [-0.3, -0.25) is 9.59 Å². The van der Waals surface area contributed by atoms with Crippen LogP contribution in [0.5, 0.6) is 5.75 Å². The first-order valence-electron chi connectivity index (χ1n) is 8.54. The third-order valence-corrected chi connectivity index (χ3v) is 4.03. The van der Waals surface area contributed by atoms with E-state index in [9.17, 15) is 35.9 Å². The smallest absolute Gasteiger partial charge is 0.430 e. The second kappa shape index (κ2) is 8.20. The van der Waals surface area contributed by atoms with E-state index in [4.69, 9.17) is 4.74 Å². The number of amides is 1. The number of halogens is 6. The summed E-state index contributed by atoms with van der Waals surface area (Å²) in [6, 6.07) is 4.53. The Labute approximate surface area is 170 Å². The van der Waals surface area contributed by atoms with Crippen LogP contribution in [0.15, 0.2) is 64.9 Å². The quantitative estimate of drug-likeness (QED) is 0.623. The van der Waals surface area contributed by atoms with Crippen LogP contribution in [-0.2, 0) is 6.18 Å². The van der Waals surface area contributed by atoms with Crippen molar-refractivity contribution in [2.45, 2.75) is 12.4 Å². The van der Waals surface area contributed by atoms with Gasteiger partial charge in [0, 0.05) is 12.3 Å². The second-order valence-corrected chi connectivity index (χ2v) is 6.27. The monoisotopic (exact) mass is 445 g/mol. The van der Waals surface area contributed by atoms with E-state index < -0.39 is 47.4 Å². The van der Waals surface area contributed by atoms with Crippen molar-refractivity contribution in [1.29, 1.82) is 0 Å². The molecule has 31 heavy (non-hydrogen) atoms. The van der Waals surface area contributed by atoms with E-state index >= 15 is 0 Å². The molecular weight excluding hydrogens is 432 g/mol. The van der Waals surface area contributed by atoms with E-state index in [1.807, 2.05) is 0 Å². The lowest BCUT2D eigenvalue weighted by atomic mass is 10.1. The minimum absolute atomic E-state index is 0.134. The molecule has 3 N–H and O–H groups in total. The molecule has 1 aromatic carbocycles. The fourth-order valence-corrected chi connectivity index (χ4v) is 2.54. The molecule has 1 aromatic heterocycles. The number of rotatable bonds is 4. The van der Waals surface area contributed by atoms with Crippen LogP contribution in [0, 0.1) is 0 Å². The van der Waals surface area contributed by atoms with Crippen LogP contribution >= 0.6 is 0 Å². The number of carbonyl (C=O) groups excluding carboxylic acids is 1. The fraction of sp³-hybridized carbons (Fsp3) is 0.158. The number of anilines is 1. The van der Waals surface area contributed by atoms with Gasteiger partial charge in [-0.05, 0) is 36.4 Å². The van der Waals surface area contributed by atoms with Gasteiger partial charge in [-0.15, -0.1) is 0 Å². The number of H-pyrrole nitrogens is 1. The van der Waals surface area contributed by atoms with Crippen LogP contribution in [0.25, 0.3) is 0 Å². The summed E-state index contributed by atoms with van der Waals surface area (Å²) in [5.41, 5.74) is -2.73. The lowest BCUT2D eigenvalue weighted by Crippen LogP contribution is -2.31. The Morgan fingerprint density at radius 2 is 1.74 bits per heavy atom. The van der Waals surface area contributed by atoms with E-state index in [2.05, 4.69) is 15.6 Å². The number of nitrogens with one attached hydrogen (secondary N) is 3. The van der Waals surface area contributed by atoms with Crippen LogP contribution in [0.1, 0.15) is 15.9 Å². The molecule has 2 heterocycles. The summed E-state index contributed by atoms with van der Waals surface area (Å²) in [6.07, 6.45) is -6.56. The van der Waals surface area contributed by atoms with Gasteiger partial charge in [0.25, 0.3) is 5.91 Å². The molecule has 3 rings (SSSR count). The minimum atomic E-state index is -4.74.